The number of esters is 1. The monoisotopic (exact) mass is 354 g/mol. The quantitative estimate of drug-likeness (QED) is 0.474. The number of ether oxygens (including phenoxy) is 1. The molecule has 1 fully saturated rings. The van der Waals surface area contributed by atoms with Crippen molar-refractivity contribution in [3.63, 3.8) is 0 Å². The molecule has 1 heterocycles. The Hall–Kier alpha value is -1.52. The number of hydrogen-bond donors (Lipinski definition) is 0. The highest BCUT2D eigenvalue weighted by Crippen LogP contribution is 2.64. The van der Waals surface area contributed by atoms with E-state index in [4.69, 9.17) is 32.4 Å². The minimum absolute atomic E-state index is 0.0249. The van der Waals surface area contributed by atoms with Crippen molar-refractivity contribution in [2.24, 2.45) is 5.41 Å². The Morgan fingerprint density at radius 1 is 1.26 bits per heavy atom. The van der Waals surface area contributed by atoms with Crippen molar-refractivity contribution >= 4 is 40.1 Å². The van der Waals surface area contributed by atoms with Crippen molar-refractivity contribution in [3.05, 3.63) is 45.3 Å². The van der Waals surface area contributed by atoms with E-state index in [1.54, 1.807) is 6.92 Å². The maximum atomic E-state index is 12.2. The summed E-state index contributed by atoms with van der Waals surface area (Å²) in [4.78, 5) is 23.9. The summed E-state index contributed by atoms with van der Waals surface area (Å²) >= 11 is 12.0. The lowest BCUT2D eigenvalue weighted by Crippen LogP contribution is -2.21. The summed E-state index contributed by atoms with van der Waals surface area (Å²) in [5.41, 5.74) is 1.80. The summed E-state index contributed by atoms with van der Waals surface area (Å²) in [5.74, 6) is -0.465. The number of alkyl halides is 2. The molecule has 1 aliphatic carbocycles. The fourth-order valence-electron chi connectivity index (χ4n) is 2.53. The topological polar surface area (TPSA) is 56.5 Å². The van der Waals surface area contributed by atoms with Crippen LogP contribution < -0.4 is 5.63 Å². The molecule has 0 spiro atoms. The molecule has 1 unspecified atom stereocenters. The molecule has 6 heteroatoms. The molecule has 0 saturated heterocycles. The average Bonchev–Trinajstić information content (AvgIpc) is 2.98. The van der Waals surface area contributed by atoms with Crippen molar-refractivity contribution in [2.45, 2.75) is 38.1 Å². The number of benzene rings is 1. The Morgan fingerprint density at radius 3 is 2.48 bits per heavy atom. The molecule has 3 rings (SSSR count). The van der Waals surface area contributed by atoms with Crippen molar-refractivity contribution in [2.75, 3.05) is 0 Å². The van der Waals surface area contributed by atoms with Crippen LogP contribution in [0.5, 0.6) is 0 Å². The Morgan fingerprint density at radius 2 is 1.87 bits per heavy atom. The zero-order valence-electron chi connectivity index (χ0n) is 13.0. The fourth-order valence-corrected chi connectivity index (χ4v) is 3.22. The summed E-state index contributed by atoms with van der Waals surface area (Å²) in [7, 11) is 0. The van der Waals surface area contributed by atoms with Crippen molar-refractivity contribution < 1.29 is 13.9 Å². The van der Waals surface area contributed by atoms with Crippen LogP contribution >= 0.6 is 23.2 Å². The van der Waals surface area contributed by atoms with Gasteiger partial charge in [0.15, 0.2) is 0 Å². The predicted molar refractivity (Wildman–Crippen MR) is 88.9 cm³/mol. The first kappa shape index (κ1) is 16.3. The van der Waals surface area contributed by atoms with Gasteiger partial charge in [0.2, 0.25) is 0 Å². The van der Waals surface area contributed by atoms with Crippen LogP contribution in [0.1, 0.15) is 30.0 Å². The van der Waals surface area contributed by atoms with E-state index in [-0.39, 0.29) is 6.61 Å². The van der Waals surface area contributed by atoms with Crippen LogP contribution in [-0.2, 0) is 16.1 Å². The number of carbonyl (C=O) groups excluding carboxylic acids is 1. The zero-order chi connectivity index (χ0) is 17.0. The maximum absolute atomic E-state index is 12.2. The van der Waals surface area contributed by atoms with Crippen LogP contribution in [0.25, 0.3) is 11.0 Å². The van der Waals surface area contributed by atoms with Gasteiger partial charge in [-0.3, -0.25) is 4.79 Å². The normalized spacial score (nSPS) is 22.1. The number of aryl methyl sites for hydroxylation is 2. The lowest BCUT2D eigenvalue weighted by Gasteiger charge is -2.13. The maximum Gasteiger partial charge on any atom is 0.336 e. The van der Waals surface area contributed by atoms with Gasteiger partial charge < -0.3 is 9.15 Å². The van der Waals surface area contributed by atoms with Crippen LogP contribution in [-0.4, -0.2) is 10.3 Å². The molecule has 0 bridgehead atoms. The molecule has 1 aliphatic rings. The molecule has 1 atom stereocenters. The van der Waals surface area contributed by atoms with E-state index in [1.165, 1.54) is 6.07 Å². The van der Waals surface area contributed by atoms with Crippen molar-refractivity contribution in [3.8, 4) is 0 Å². The molecule has 0 N–H and O–H groups in total. The van der Waals surface area contributed by atoms with Gasteiger partial charge in [0.05, 0.1) is 0 Å². The van der Waals surface area contributed by atoms with Gasteiger partial charge in [-0.1, -0.05) is 0 Å². The van der Waals surface area contributed by atoms with E-state index >= 15 is 0 Å². The SMILES string of the molecule is Cc1cc2oc(=O)cc(COC(=O)C3(C)CC3(Cl)Cl)c2cc1C. The Labute approximate surface area is 143 Å². The molecule has 1 saturated carbocycles. The van der Waals surface area contributed by atoms with Gasteiger partial charge in [-0.15, -0.1) is 23.2 Å². The minimum Gasteiger partial charge on any atom is -0.460 e. The summed E-state index contributed by atoms with van der Waals surface area (Å²) in [6.45, 7) is 5.55. The molecule has 1 aromatic heterocycles. The van der Waals surface area contributed by atoms with E-state index in [9.17, 15) is 9.59 Å². The van der Waals surface area contributed by atoms with Gasteiger partial charge >= 0.3 is 11.6 Å². The third kappa shape index (κ3) is 2.74. The highest BCUT2D eigenvalue weighted by Gasteiger charge is 2.69. The summed E-state index contributed by atoms with van der Waals surface area (Å²) in [6, 6.07) is 5.07. The van der Waals surface area contributed by atoms with Crippen molar-refractivity contribution in [1.82, 2.24) is 0 Å². The van der Waals surface area contributed by atoms with E-state index < -0.39 is 21.3 Å². The molecule has 2 aromatic rings. The third-order valence-corrected chi connectivity index (χ3v) is 5.61. The summed E-state index contributed by atoms with van der Waals surface area (Å²) < 4.78 is 9.48. The first-order chi connectivity index (χ1) is 10.6. The van der Waals surface area contributed by atoms with Gasteiger partial charge in [-0.2, -0.15) is 0 Å². The molecule has 122 valence electrons. The predicted octanol–water partition coefficient (Wildman–Crippen LogP) is 4.04. The molecule has 1 aromatic carbocycles. The number of hydrogen-bond acceptors (Lipinski definition) is 4. The van der Waals surface area contributed by atoms with Gasteiger partial charge in [0.25, 0.3) is 0 Å². The smallest absolute Gasteiger partial charge is 0.336 e. The van der Waals surface area contributed by atoms with E-state index in [0.717, 1.165) is 16.5 Å². The van der Waals surface area contributed by atoms with Crippen LogP contribution in [0.2, 0.25) is 0 Å². The number of halogens is 2. The van der Waals surface area contributed by atoms with Gasteiger partial charge in [0, 0.05) is 23.4 Å². The first-order valence-corrected chi connectivity index (χ1v) is 7.99. The molecular formula is C17H16Cl2O4. The zero-order valence-corrected chi connectivity index (χ0v) is 14.5. The third-order valence-electron chi connectivity index (χ3n) is 4.51. The molecule has 0 amide bonds. The van der Waals surface area contributed by atoms with Crippen LogP contribution in [0, 0.1) is 19.3 Å². The van der Waals surface area contributed by atoms with E-state index in [1.807, 2.05) is 26.0 Å². The highest BCUT2D eigenvalue weighted by molar-refractivity contribution is 6.53. The highest BCUT2D eigenvalue weighted by atomic mass is 35.5. The lowest BCUT2D eigenvalue weighted by atomic mass is 10.0. The largest absolute Gasteiger partial charge is 0.460 e. The van der Waals surface area contributed by atoms with Crippen LogP contribution in [0.15, 0.2) is 27.4 Å². The summed E-state index contributed by atoms with van der Waals surface area (Å²) in [5, 5.41) is 0.754. The Kier molecular flexibility index (Phi) is 3.73. The second kappa shape index (κ2) is 5.25. The van der Waals surface area contributed by atoms with Gasteiger partial charge in [-0.25, -0.2) is 4.79 Å². The van der Waals surface area contributed by atoms with Crippen LogP contribution in [0.3, 0.4) is 0 Å². The van der Waals surface area contributed by atoms with Gasteiger partial charge in [-0.05, 0) is 44.0 Å². The molecule has 0 aliphatic heterocycles. The van der Waals surface area contributed by atoms with E-state index in [2.05, 4.69) is 0 Å². The second-order valence-corrected chi connectivity index (χ2v) is 7.80. The number of carbonyl (C=O) groups is 1. The average molecular weight is 355 g/mol. The Balaban J connectivity index is 1.90. The van der Waals surface area contributed by atoms with E-state index in [0.29, 0.717) is 17.6 Å². The second-order valence-electron chi connectivity index (χ2n) is 6.31. The lowest BCUT2D eigenvalue weighted by molar-refractivity contribution is -0.150. The molecule has 4 nitrogen and oxygen atoms in total. The molecule has 23 heavy (non-hydrogen) atoms. The fraction of sp³-hybridized carbons (Fsp3) is 0.412. The summed E-state index contributed by atoms with van der Waals surface area (Å²) in [6.07, 6.45) is 0.359. The molecule has 0 radical (unpaired) electrons. The standard InChI is InChI=1S/C17H16Cl2O4/c1-9-4-12-11(6-14(20)23-13(12)5-10(9)2)7-22-15(21)16(3)8-17(16,18)19/h4-6H,7-8H2,1-3H3. The number of fused-ring (bicyclic) bond motifs is 1. The van der Waals surface area contributed by atoms with Crippen molar-refractivity contribution in [1.29, 1.82) is 0 Å². The minimum atomic E-state index is -1.07. The molecular weight excluding hydrogens is 339 g/mol. The first-order valence-electron chi connectivity index (χ1n) is 7.23. The van der Waals surface area contributed by atoms with Crippen LogP contribution in [0.4, 0.5) is 0 Å². The van der Waals surface area contributed by atoms with Gasteiger partial charge in [0.1, 0.15) is 21.9 Å². The Bertz CT molecular complexity index is 869. The number of rotatable bonds is 3.